The molecule has 130 valence electrons. The van der Waals surface area contributed by atoms with Crippen LogP contribution in [0.5, 0.6) is 0 Å². The van der Waals surface area contributed by atoms with Gasteiger partial charge >= 0.3 is 0 Å². The fourth-order valence-corrected chi connectivity index (χ4v) is 3.73. The minimum absolute atomic E-state index is 0.0113. The van der Waals surface area contributed by atoms with Crippen molar-refractivity contribution in [3.8, 4) is 0 Å². The van der Waals surface area contributed by atoms with Gasteiger partial charge < -0.3 is 9.80 Å². The van der Waals surface area contributed by atoms with E-state index in [9.17, 15) is 9.59 Å². The maximum absolute atomic E-state index is 13.3. The molecule has 26 heavy (non-hydrogen) atoms. The Bertz CT molecular complexity index is 1010. The number of benzene rings is 3. The first-order valence-electron chi connectivity index (χ1n) is 8.76. The van der Waals surface area contributed by atoms with Gasteiger partial charge in [0.05, 0.1) is 17.4 Å². The summed E-state index contributed by atoms with van der Waals surface area (Å²) in [5.41, 5.74) is 2.22. The third-order valence-electron chi connectivity index (χ3n) is 4.90. The fourth-order valence-electron chi connectivity index (χ4n) is 3.73. The van der Waals surface area contributed by atoms with Gasteiger partial charge in [0.1, 0.15) is 0 Å². The molecule has 0 aliphatic carbocycles. The predicted octanol–water partition coefficient (Wildman–Crippen LogP) is 4.24. The van der Waals surface area contributed by atoms with Crippen LogP contribution in [0.1, 0.15) is 24.2 Å². The molecule has 4 nitrogen and oxygen atoms in total. The lowest BCUT2D eigenvalue weighted by molar-refractivity contribution is -0.117. The van der Waals surface area contributed by atoms with Gasteiger partial charge in [-0.2, -0.15) is 0 Å². The number of nitrogens with zero attached hydrogens (tertiary/aromatic N) is 2. The number of rotatable bonds is 1. The van der Waals surface area contributed by atoms with Crippen molar-refractivity contribution in [3.05, 3.63) is 72.3 Å². The van der Waals surface area contributed by atoms with Crippen molar-refractivity contribution >= 4 is 34.0 Å². The summed E-state index contributed by atoms with van der Waals surface area (Å²) in [6, 6.07) is 21.3. The number of fused-ring (bicyclic) bond motifs is 2. The molecule has 0 aromatic heterocycles. The number of carbonyl (C=O) groups excluding carboxylic acids is 2. The van der Waals surface area contributed by atoms with E-state index < -0.39 is 0 Å². The van der Waals surface area contributed by atoms with Gasteiger partial charge in [0, 0.05) is 19.0 Å². The molecule has 1 atom stereocenters. The Morgan fingerprint density at radius 1 is 0.885 bits per heavy atom. The van der Waals surface area contributed by atoms with E-state index in [1.165, 1.54) is 0 Å². The van der Waals surface area contributed by atoms with Crippen LogP contribution in [-0.4, -0.2) is 24.4 Å². The van der Waals surface area contributed by atoms with Crippen molar-refractivity contribution in [2.45, 2.75) is 19.9 Å². The Morgan fingerprint density at radius 2 is 1.54 bits per heavy atom. The second-order valence-corrected chi connectivity index (χ2v) is 6.70. The first kappa shape index (κ1) is 16.3. The summed E-state index contributed by atoms with van der Waals surface area (Å²) >= 11 is 0. The average Bonchev–Trinajstić information content (AvgIpc) is 2.66. The third-order valence-corrected chi connectivity index (χ3v) is 4.90. The van der Waals surface area contributed by atoms with E-state index in [2.05, 4.69) is 0 Å². The normalized spacial score (nSPS) is 16.5. The van der Waals surface area contributed by atoms with Crippen LogP contribution in [-0.2, 0) is 4.79 Å². The molecular formula is C22H20N2O2. The second kappa shape index (κ2) is 6.30. The van der Waals surface area contributed by atoms with Crippen LogP contribution >= 0.6 is 0 Å². The van der Waals surface area contributed by atoms with Gasteiger partial charge in [-0.25, -0.2) is 0 Å². The maximum Gasteiger partial charge on any atom is 0.258 e. The van der Waals surface area contributed by atoms with Crippen molar-refractivity contribution < 1.29 is 9.59 Å². The van der Waals surface area contributed by atoms with Crippen LogP contribution < -0.4 is 9.80 Å². The van der Waals surface area contributed by atoms with Gasteiger partial charge in [0.15, 0.2) is 0 Å². The second-order valence-electron chi connectivity index (χ2n) is 6.70. The molecule has 0 saturated carbocycles. The largest absolute Gasteiger partial charge is 0.306 e. The summed E-state index contributed by atoms with van der Waals surface area (Å²) in [5, 5.41) is 2.15. The van der Waals surface area contributed by atoms with E-state index in [1.807, 2.05) is 73.7 Å². The molecule has 0 N–H and O–H groups in total. The topological polar surface area (TPSA) is 40.6 Å². The molecule has 0 unspecified atom stereocenters. The molecule has 3 aromatic carbocycles. The molecule has 0 saturated heterocycles. The van der Waals surface area contributed by atoms with E-state index in [1.54, 1.807) is 16.7 Å². The van der Waals surface area contributed by atoms with E-state index >= 15 is 0 Å². The number of amides is 2. The van der Waals surface area contributed by atoms with E-state index in [4.69, 9.17) is 0 Å². The van der Waals surface area contributed by atoms with Gasteiger partial charge in [0.25, 0.3) is 5.91 Å². The standard InChI is InChI=1S/C22H20N2O2/c1-15-14-23(20-9-5-6-10-21(20)24(15)16(2)25)22(26)19-12-11-17-7-3-4-8-18(17)13-19/h3-13,15H,14H2,1-2H3/t15-/m0/s1. The quantitative estimate of drug-likeness (QED) is 0.662. The van der Waals surface area contributed by atoms with E-state index in [0.29, 0.717) is 12.1 Å². The lowest BCUT2D eigenvalue weighted by Crippen LogP contribution is -2.51. The van der Waals surface area contributed by atoms with Gasteiger partial charge in [-0.1, -0.05) is 42.5 Å². The highest BCUT2D eigenvalue weighted by Gasteiger charge is 2.33. The van der Waals surface area contributed by atoms with Crippen LogP contribution in [0, 0.1) is 0 Å². The predicted molar refractivity (Wildman–Crippen MR) is 105 cm³/mol. The number of hydrogen-bond donors (Lipinski definition) is 0. The van der Waals surface area contributed by atoms with Crippen LogP contribution in [0.3, 0.4) is 0 Å². The van der Waals surface area contributed by atoms with Gasteiger partial charge in [-0.3, -0.25) is 9.59 Å². The summed E-state index contributed by atoms with van der Waals surface area (Å²) in [7, 11) is 0. The summed E-state index contributed by atoms with van der Waals surface area (Å²) in [4.78, 5) is 28.9. The van der Waals surface area contributed by atoms with Crippen LogP contribution in [0.15, 0.2) is 66.7 Å². The van der Waals surface area contributed by atoms with Gasteiger partial charge in [-0.15, -0.1) is 0 Å². The lowest BCUT2D eigenvalue weighted by Gasteiger charge is -2.40. The Labute approximate surface area is 152 Å². The fraction of sp³-hybridized carbons (Fsp3) is 0.182. The summed E-state index contributed by atoms with van der Waals surface area (Å²) in [6.45, 7) is 4.01. The van der Waals surface area contributed by atoms with Crippen molar-refractivity contribution in [1.82, 2.24) is 0 Å². The van der Waals surface area contributed by atoms with Crippen molar-refractivity contribution in [3.63, 3.8) is 0 Å². The highest BCUT2D eigenvalue weighted by atomic mass is 16.2. The van der Waals surface area contributed by atoms with Crippen molar-refractivity contribution in [2.75, 3.05) is 16.3 Å². The zero-order chi connectivity index (χ0) is 18.3. The molecule has 3 aromatic rings. The van der Waals surface area contributed by atoms with E-state index in [0.717, 1.165) is 22.1 Å². The third kappa shape index (κ3) is 2.64. The molecular weight excluding hydrogens is 324 g/mol. The average molecular weight is 344 g/mol. The minimum Gasteiger partial charge on any atom is -0.306 e. The highest BCUT2D eigenvalue weighted by molar-refractivity contribution is 6.11. The van der Waals surface area contributed by atoms with Crippen LogP contribution in [0.4, 0.5) is 11.4 Å². The molecule has 1 aliphatic heterocycles. The Morgan fingerprint density at radius 3 is 2.27 bits per heavy atom. The van der Waals surface area contributed by atoms with Gasteiger partial charge in [-0.05, 0) is 42.0 Å². The summed E-state index contributed by atoms with van der Waals surface area (Å²) < 4.78 is 0. The monoisotopic (exact) mass is 344 g/mol. The van der Waals surface area contributed by atoms with Gasteiger partial charge in [0.2, 0.25) is 5.91 Å². The molecule has 4 rings (SSSR count). The number of para-hydroxylation sites is 2. The smallest absolute Gasteiger partial charge is 0.258 e. The van der Waals surface area contributed by atoms with E-state index in [-0.39, 0.29) is 17.9 Å². The van der Waals surface area contributed by atoms with Crippen molar-refractivity contribution in [2.24, 2.45) is 0 Å². The Balaban J connectivity index is 1.77. The SMILES string of the molecule is CC(=O)N1c2ccccc2N(C(=O)c2ccc3ccccc3c2)C[C@@H]1C. The van der Waals surface area contributed by atoms with Crippen molar-refractivity contribution in [1.29, 1.82) is 0 Å². The zero-order valence-electron chi connectivity index (χ0n) is 14.8. The summed E-state index contributed by atoms with van der Waals surface area (Å²) in [6.07, 6.45) is 0. The number of hydrogen-bond acceptors (Lipinski definition) is 2. The Hall–Kier alpha value is -3.14. The zero-order valence-corrected chi connectivity index (χ0v) is 14.8. The molecule has 4 heteroatoms. The first-order valence-corrected chi connectivity index (χ1v) is 8.76. The number of carbonyl (C=O) groups is 2. The lowest BCUT2D eigenvalue weighted by atomic mass is 10.0. The first-order chi connectivity index (χ1) is 12.6. The highest BCUT2D eigenvalue weighted by Crippen LogP contribution is 2.36. The molecule has 0 radical (unpaired) electrons. The summed E-state index contributed by atoms with van der Waals surface area (Å²) in [5.74, 6) is -0.0546. The molecule has 0 fully saturated rings. The Kier molecular flexibility index (Phi) is 3.96. The molecule has 2 amide bonds. The van der Waals surface area contributed by atoms with Crippen LogP contribution in [0.2, 0.25) is 0 Å². The van der Waals surface area contributed by atoms with Crippen LogP contribution in [0.25, 0.3) is 10.8 Å². The molecule has 0 bridgehead atoms. The molecule has 1 heterocycles. The molecule has 1 aliphatic rings. The molecule has 0 spiro atoms. The maximum atomic E-state index is 13.3. The minimum atomic E-state index is -0.0770. The number of anilines is 2.